The van der Waals surface area contributed by atoms with E-state index in [-0.39, 0.29) is 30.4 Å². The maximum Gasteiger partial charge on any atom is 0.149 e. The van der Waals surface area contributed by atoms with Gasteiger partial charge >= 0.3 is 0 Å². The van der Waals surface area contributed by atoms with E-state index in [1.165, 1.54) is 39.0 Å². The average Bonchev–Trinajstić information content (AvgIpc) is 2.46. The molecule has 0 aromatic heterocycles. The molecule has 0 aromatic carbocycles. The molecule has 0 bridgehead atoms. The topological polar surface area (TPSA) is 61.2 Å². The van der Waals surface area contributed by atoms with E-state index in [1.54, 1.807) is 0 Å². The van der Waals surface area contributed by atoms with Crippen molar-refractivity contribution in [3.8, 4) is 0 Å². The molecule has 122 valence electrons. The molecule has 0 unspecified atom stereocenters. The minimum Gasteiger partial charge on any atom is -0.356 e. The molecule has 0 amide bonds. The van der Waals surface area contributed by atoms with E-state index in [0.717, 1.165) is 24.2 Å². The van der Waals surface area contributed by atoms with E-state index in [1.807, 2.05) is 0 Å². The van der Waals surface area contributed by atoms with Crippen molar-refractivity contribution in [3.63, 3.8) is 0 Å². The summed E-state index contributed by atoms with van der Waals surface area (Å²) in [6.07, 6.45) is 9.24. The highest BCUT2D eigenvalue weighted by Gasteiger charge is 2.11. The third-order valence-corrected chi connectivity index (χ3v) is 3.38. The van der Waals surface area contributed by atoms with Crippen molar-refractivity contribution in [2.75, 3.05) is 13.5 Å². The van der Waals surface area contributed by atoms with E-state index in [0.29, 0.717) is 6.42 Å². The predicted octanol–water partition coefficient (Wildman–Crippen LogP) is 3.97. The number of hydrogen-bond donors (Lipinski definition) is 1. The fourth-order valence-corrected chi connectivity index (χ4v) is 2.14. The smallest absolute Gasteiger partial charge is 0.149 e. The Labute approximate surface area is 134 Å². The number of Topliss-reactive ketones (excluding diaryl/α,β-unsaturated/α-hetero) is 2. The van der Waals surface area contributed by atoms with Crippen molar-refractivity contribution in [2.45, 2.75) is 78.1 Å². The molecule has 0 atom stereocenters. The van der Waals surface area contributed by atoms with Crippen LogP contribution >= 0.6 is 0 Å². The second-order valence-corrected chi connectivity index (χ2v) is 5.68. The lowest BCUT2D eigenvalue weighted by molar-refractivity contribution is -0.119. The number of carbonyl (C=O) groups excluding carboxylic acids is 2. The van der Waals surface area contributed by atoms with Crippen molar-refractivity contribution in [3.05, 3.63) is 0 Å². The Morgan fingerprint density at radius 1 is 1.05 bits per heavy atom. The van der Waals surface area contributed by atoms with Gasteiger partial charge in [0.15, 0.2) is 0 Å². The monoisotopic (exact) mass is 299 g/mol. The Balaban J connectivity index is 4.03. The van der Waals surface area contributed by atoms with E-state index in [2.05, 4.69) is 6.92 Å². The molecule has 1 N–H and O–H groups in total. The summed E-state index contributed by atoms with van der Waals surface area (Å²) < 4.78 is 22.1. The summed E-state index contributed by atoms with van der Waals surface area (Å²) in [6.45, 7) is 0.531. The molecule has 0 heterocycles. The van der Waals surface area contributed by atoms with Crippen LogP contribution in [0.5, 0.6) is 0 Å². The number of unbranched alkanes of at least 4 members (excludes halogenated alkanes) is 7. The minimum absolute atomic E-state index is 0.135. The first kappa shape index (κ1) is 14.7. The summed E-state index contributed by atoms with van der Waals surface area (Å²) >= 11 is 0. The van der Waals surface area contributed by atoms with E-state index in [4.69, 9.17) is 9.52 Å². The maximum atomic E-state index is 11.9. The standard InChI is InChI=1S/C17H32N2O2/c1-4-5-6-7-8-9-10-11-12-16(21)13-17(18)19(3)14-15(2)20/h18H,4-14H2,1-3H3/i3D3. The van der Waals surface area contributed by atoms with Gasteiger partial charge in [-0.1, -0.05) is 51.9 Å². The van der Waals surface area contributed by atoms with Gasteiger partial charge in [0, 0.05) is 17.5 Å². The lowest BCUT2D eigenvalue weighted by atomic mass is 10.0. The van der Waals surface area contributed by atoms with Gasteiger partial charge < -0.3 is 4.90 Å². The number of carbonyl (C=O) groups is 2. The number of ketones is 2. The second kappa shape index (κ2) is 12.5. The third-order valence-electron chi connectivity index (χ3n) is 3.38. The van der Waals surface area contributed by atoms with Gasteiger partial charge in [0.1, 0.15) is 17.4 Å². The van der Waals surface area contributed by atoms with Gasteiger partial charge in [0.05, 0.1) is 13.0 Å². The fourth-order valence-electron chi connectivity index (χ4n) is 2.14. The number of hydrogen-bond acceptors (Lipinski definition) is 3. The number of nitrogens with one attached hydrogen (secondary N) is 1. The van der Waals surface area contributed by atoms with Crippen LogP contribution in [0.15, 0.2) is 0 Å². The largest absolute Gasteiger partial charge is 0.356 e. The summed E-state index contributed by atoms with van der Waals surface area (Å²) in [5.74, 6) is -0.773. The Kier molecular flexibility index (Phi) is 8.80. The highest BCUT2D eigenvalue weighted by Crippen LogP contribution is 2.10. The minimum atomic E-state index is -2.57. The molecule has 0 radical (unpaired) electrons. The van der Waals surface area contributed by atoms with Gasteiger partial charge in [0.25, 0.3) is 0 Å². The summed E-state index contributed by atoms with van der Waals surface area (Å²) in [5, 5.41) is 7.83. The molecule has 0 aliphatic rings. The van der Waals surface area contributed by atoms with Gasteiger partial charge in [-0.05, 0) is 13.3 Å². The third kappa shape index (κ3) is 12.3. The Bertz CT molecular complexity index is 409. The van der Waals surface area contributed by atoms with Crippen LogP contribution in [-0.2, 0) is 9.59 Å². The molecule has 0 saturated heterocycles. The molecule has 0 spiro atoms. The van der Waals surface area contributed by atoms with Gasteiger partial charge in [0.2, 0.25) is 0 Å². The first-order valence-electron chi connectivity index (χ1n) is 9.54. The van der Waals surface area contributed by atoms with Gasteiger partial charge in [-0.3, -0.25) is 15.0 Å². The number of likely N-dealkylation sites (N-methyl/N-ethyl adjacent to an activating group) is 1. The Morgan fingerprint density at radius 2 is 1.62 bits per heavy atom. The van der Waals surface area contributed by atoms with Crippen LogP contribution in [-0.4, -0.2) is 35.8 Å². The molecule has 0 rings (SSSR count). The summed E-state index contributed by atoms with van der Waals surface area (Å²) in [6, 6.07) is 0. The highest BCUT2D eigenvalue weighted by atomic mass is 16.1. The molecule has 0 fully saturated rings. The molecule has 0 aromatic rings. The molecule has 4 heteroatoms. The first-order chi connectivity index (χ1) is 11.2. The second-order valence-electron chi connectivity index (χ2n) is 5.68. The summed E-state index contributed by atoms with van der Waals surface area (Å²) in [7, 11) is 0. The van der Waals surface area contributed by atoms with E-state index < -0.39 is 6.98 Å². The van der Waals surface area contributed by atoms with E-state index in [9.17, 15) is 9.59 Å². The quantitative estimate of drug-likeness (QED) is 0.318. The van der Waals surface area contributed by atoms with Crippen LogP contribution in [0.2, 0.25) is 0 Å². The molecule has 4 nitrogen and oxygen atoms in total. The van der Waals surface area contributed by atoms with Crippen molar-refractivity contribution < 1.29 is 13.7 Å². The number of rotatable bonds is 13. The maximum absolute atomic E-state index is 11.9. The van der Waals surface area contributed by atoms with E-state index >= 15 is 0 Å². The molecular formula is C17H32N2O2. The van der Waals surface area contributed by atoms with Crippen molar-refractivity contribution in [1.29, 1.82) is 5.41 Å². The Hall–Kier alpha value is -1.19. The predicted molar refractivity (Wildman–Crippen MR) is 87.9 cm³/mol. The van der Waals surface area contributed by atoms with Gasteiger partial charge in [-0.25, -0.2) is 0 Å². The fraction of sp³-hybridized carbons (Fsp3) is 0.824. The van der Waals surface area contributed by atoms with Crippen LogP contribution in [0.25, 0.3) is 0 Å². The molecule has 0 aliphatic carbocycles. The summed E-state index contributed by atoms with van der Waals surface area (Å²) in [5.41, 5.74) is 0. The zero-order valence-corrected chi connectivity index (χ0v) is 13.5. The van der Waals surface area contributed by atoms with Crippen LogP contribution in [0.4, 0.5) is 0 Å². The van der Waals surface area contributed by atoms with Gasteiger partial charge in [-0.2, -0.15) is 0 Å². The highest BCUT2D eigenvalue weighted by molar-refractivity contribution is 6.00. The van der Waals surface area contributed by atoms with Gasteiger partial charge in [-0.15, -0.1) is 0 Å². The molecule has 0 aliphatic heterocycles. The molecule has 0 saturated carbocycles. The molecule has 21 heavy (non-hydrogen) atoms. The van der Waals surface area contributed by atoms with Crippen LogP contribution in [0.1, 0.15) is 82.2 Å². The van der Waals surface area contributed by atoms with Crippen molar-refractivity contribution in [1.82, 2.24) is 4.90 Å². The van der Waals surface area contributed by atoms with Crippen LogP contribution in [0, 0.1) is 5.41 Å². The number of nitrogens with zero attached hydrogens (tertiary/aromatic N) is 1. The van der Waals surface area contributed by atoms with Crippen molar-refractivity contribution in [2.24, 2.45) is 0 Å². The first-order valence-corrected chi connectivity index (χ1v) is 8.04. The average molecular weight is 299 g/mol. The molecular weight excluding hydrogens is 264 g/mol. The normalized spacial score (nSPS) is 13.1. The lowest BCUT2D eigenvalue weighted by Gasteiger charge is -2.17. The van der Waals surface area contributed by atoms with Crippen LogP contribution in [0.3, 0.4) is 0 Å². The number of amidine groups is 1. The Morgan fingerprint density at radius 3 is 2.14 bits per heavy atom. The van der Waals surface area contributed by atoms with Crippen LogP contribution < -0.4 is 0 Å². The zero-order valence-electron chi connectivity index (χ0n) is 16.5. The zero-order chi connectivity index (χ0) is 18.6. The van der Waals surface area contributed by atoms with Crippen molar-refractivity contribution >= 4 is 17.4 Å². The SMILES string of the molecule is [2H]C([2H])([2H])N(CC(C)=O)C(=N)CC(=O)CCCCCCCCCC. The summed E-state index contributed by atoms with van der Waals surface area (Å²) in [4.78, 5) is 23.8. The lowest BCUT2D eigenvalue weighted by Crippen LogP contribution is -2.31.